The van der Waals surface area contributed by atoms with Gasteiger partial charge in [0.2, 0.25) is 10.0 Å². The lowest BCUT2D eigenvalue weighted by atomic mass is 10.1. The van der Waals surface area contributed by atoms with Crippen molar-refractivity contribution in [2.75, 3.05) is 6.54 Å². The lowest BCUT2D eigenvalue weighted by molar-refractivity contribution is -0.257. The van der Waals surface area contributed by atoms with E-state index in [1.807, 2.05) is 30.3 Å². The molecule has 0 unspecified atom stereocenters. The molecule has 0 aliphatic rings. The molecular formula is C19H18NO5S-. The topological polar surface area (TPSA) is 90.7 Å². The Labute approximate surface area is 151 Å². The van der Waals surface area contributed by atoms with Crippen molar-refractivity contribution in [2.45, 2.75) is 25.3 Å². The second kappa shape index (κ2) is 6.93. The molecule has 3 aromatic rings. The summed E-state index contributed by atoms with van der Waals surface area (Å²) in [6, 6.07) is 13.7. The molecule has 1 aromatic heterocycles. The summed E-state index contributed by atoms with van der Waals surface area (Å²) in [5, 5.41) is 11.5. The molecule has 0 radical (unpaired) electrons. The van der Waals surface area contributed by atoms with Crippen LogP contribution in [0.25, 0.3) is 11.0 Å². The zero-order valence-corrected chi connectivity index (χ0v) is 15.2. The number of furan rings is 1. The third-order valence-electron chi connectivity index (χ3n) is 4.29. The molecular weight excluding hydrogens is 354 g/mol. The summed E-state index contributed by atoms with van der Waals surface area (Å²) in [6.07, 6.45) is 0. The van der Waals surface area contributed by atoms with Crippen LogP contribution in [0.5, 0.6) is 0 Å². The molecule has 0 atom stereocenters. The number of carbonyl (C=O) groups is 1. The Kier molecular flexibility index (Phi) is 4.84. The standard InChI is InChI=1S/C19H19NO5S/c1-3-20(12-14-7-5-4-6-8-14)26(23,24)15-9-10-17-16(11-15)13(2)18(25-17)19(21)22/h4-11H,3,12H2,1-2H3,(H,21,22)/p-1. The van der Waals surface area contributed by atoms with Crippen LogP contribution >= 0.6 is 0 Å². The number of carboxylic acid groups (broad SMARTS) is 1. The van der Waals surface area contributed by atoms with Crippen LogP contribution in [0.2, 0.25) is 0 Å². The van der Waals surface area contributed by atoms with Crippen LogP contribution in [0, 0.1) is 6.92 Å². The van der Waals surface area contributed by atoms with Crippen LogP contribution in [-0.4, -0.2) is 25.2 Å². The van der Waals surface area contributed by atoms with Gasteiger partial charge < -0.3 is 14.3 Å². The molecule has 2 aromatic carbocycles. The van der Waals surface area contributed by atoms with Crippen molar-refractivity contribution < 1.29 is 22.7 Å². The number of hydrogen-bond acceptors (Lipinski definition) is 5. The fourth-order valence-electron chi connectivity index (χ4n) is 2.86. The van der Waals surface area contributed by atoms with Gasteiger partial charge in [0, 0.05) is 24.0 Å². The van der Waals surface area contributed by atoms with Gasteiger partial charge in [-0.05, 0) is 30.7 Å². The second-order valence-corrected chi connectivity index (χ2v) is 7.86. The first-order valence-electron chi connectivity index (χ1n) is 8.13. The maximum Gasteiger partial charge on any atom is 0.243 e. The van der Waals surface area contributed by atoms with Gasteiger partial charge in [0.05, 0.1) is 4.90 Å². The summed E-state index contributed by atoms with van der Waals surface area (Å²) in [5.41, 5.74) is 1.55. The Morgan fingerprint density at radius 1 is 1.15 bits per heavy atom. The van der Waals surface area contributed by atoms with Gasteiger partial charge in [-0.2, -0.15) is 4.31 Å². The number of benzene rings is 2. The highest BCUT2D eigenvalue weighted by Crippen LogP contribution is 2.29. The highest BCUT2D eigenvalue weighted by molar-refractivity contribution is 7.89. The average Bonchev–Trinajstić information content (AvgIpc) is 2.97. The minimum atomic E-state index is -3.74. The highest BCUT2D eigenvalue weighted by atomic mass is 32.2. The Morgan fingerprint density at radius 2 is 1.85 bits per heavy atom. The maximum atomic E-state index is 13.0. The normalized spacial score (nSPS) is 12.0. The third kappa shape index (κ3) is 3.23. The zero-order valence-electron chi connectivity index (χ0n) is 14.4. The molecule has 3 rings (SSSR count). The molecule has 0 amide bonds. The van der Waals surface area contributed by atoms with E-state index < -0.39 is 16.0 Å². The molecule has 0 saturated carbocycles. The number of carbonyl (C=O) groups excluding carboxylic acids is 1. The Balaban J connectivity index is 2.02. The van der Waals surface area contributed by atoms with E-state index >= 15 is 0 Å². The largest absolute Gasteiger partial charge is 0.542 e. The number of fused-ring (bicyclic) bond motifs is 1. The Morgan fingerprint density at radius 3 is 2.46 bits per heavy atom. The SMILES string of the molecule is CCN(Cc1ccccc1)S(=O)(=O)c1ccc2oc(C(=O)[O-])c(C)c2c1. The molecule has 0 N–H and O–H groups in total. The van der Waals surface area contributed by atoms with Crippen LogP contribution in [-0.2, 0) is 16.6 Å². The average molecular weight is 372 g/mol. The van der Waals surface area contributed by atoms with Crippen molar-refractivity contribution in [3.05, 3.63) is 65.4 Å². The van der Waals surface area contributed by atoms with E-state index in [0.29, 0.717) is 23.1 Å². The molecule has 26 heavy (non-hydrogen) atoms. The number of rotatable bonds is 6. The van der Waals surface area contributed by atoms with Gasteiger partial charge in [-0.15, -0.1) is 0 Å². The Hall–Kier alpha value is -2.64. The van der Waals surface area contributed by atoms with Gasteiger partial charge in [0.1, 0.15) is 11.6 Å². The van der Waals surface area contributed by atoms with Crippen molar-refractivity contribution in [1.29, 1.82) is 0 Å². The molecule has 0 bridgehead atoms. The third-order valence-corrected chi connectivity index (χ3v) is 6.20. The van der Waals surface area contributed by atoms with Gasteiger partial charge in [0.15, 0.2) is 5.76 Å². The van der Waals surface area contributed by atoms with Gasteiger partial charge in [0.25, 0.3) is 0 Å². The predicted molar refractivity (Wildman–Crippen MR) is 95.0 cm³/mol. The fraction of sp³-hybridized carbons (Fsp3) is 0.211. The molecule has 6 nitrogen and oxygen atoms in total. The molecule has 7 heteroatoms. The summed E-state index contributed by atoms with van der Waals surface area (Å²) >= 11 is 0. The van der Waals surface area contributed by atoms with Gasteiger partial charge >= 0.3 is 0 Å². The number of aryl methyl sites for hydroxylation is 1. The zero-order chi connectivity index (χ0) is 18.9. The van der Waals surface area contributed by atoms with Crippen molar-refractivity contribution in [2.24, 2.45) is 0 Å². The molecule has 1 heterocycles. The van der Waals surface area contributed by atoms with Crippen molar-refractivity contribution in [3.8, 4) is 0 Å². The first kappa shape index (κ1) is 18.2. The van der Waals surface area contributed by atoms with Crippen LogP contribution in [0.15, 0.2) is 57.8 Å². The van der Waals surface area contributed by atoms with E-state index in [1.54, 1.807) is 13.8 Å². The van der Waals surface area contributed by atoms with E-state index in [9.17, 15) is 18.3 Å². The summed E-state index contributed by atoms with van der Waals surface area (Å²) in [5.74, 6) is -1.71. The number of aromatic carboxylic acids is 1. The van der Waals surface area contributed by atoms with E-state index in [2.05, 4.69) is 0 Å². The van der Waals surface area contributed by atoms with Crippen LogP contribution in [0.3, 0.4) is 0 Å². The maximum absolute atomic E-state index is 13.0. The number of hydrogen-bond donors (Lipinski definition) is 0. The van der Waals surface area contributed by atoms with Gasteiger partial charge in [-0.3, -0.25) is 0 Å². The first-order valence-corrected chi connectivity index (χ1v) is 9.57. The lowest BCUT2D eigenvalue weighted by Gasteiger charge is -2.20. The van der Waals surface area contributed by atoms with E-state index in [1.165, 1.54) is 22.5 Å². The molecule has 0 saturated heterocycles. The minimum Gasteiger partial charge on any atom is -0.542 e. The van der Waals surface area contributed by atoms with E-state index in [0.717, 1.165) is 5.56 Å². The van der Waals surface area contributed by atoms with Crippen molar-refractivity contribution >= 4 is 27.0 Å². The summed E-state index contributed by atoms with van der Waals surface area (Å²) in [6.45, 7) is 3.90. The highest BCUT2D eigenvalue weighted by Gasteiger charge is 2.24. The van der Waals surface area contributed by atoms with Crippen LogP contribution in [0.4, 0.5) is 0 Å². The summed E-state index contributed by atoms with van der Waals surface area (Å²) in [7, 11) is -3.74. The van der Waals surface area contributed by atoms with E-state index in [4.69, 9.17) is 4.42 Å². The summed E-state index contributed by atoms with van der Waals surface area (Å²) < 4.78 is 32.7. The summed E-state index contributed by atoms with van der Waals surface area (Å²) in [4.78, 5) is 11.2. The minimum absolute atomic E-state index is 0.0941. The van der Waals surface area contributed by atoms with Crippen LogP contribution < -0.4 is 5.11 Å². The fourth-order valence-corrected chi connectivity index (χ4v) is 4.32. The molecule has 136 valence electrons. The number of carboxylic acids is 1. The molecule has 0 aliphatic carbocycles. The van der Waals surface area contributed by atoms with Gasteiger partial charge in [-0.25, -0.2) is 8.42 Å². The monoisotopic (exact) mass is 372 g/mol. The van der Waals surface area contributed by atoms with Gasteiger partial charge in [-0.1, -0.05) is 37.3 Å². The first-order chi connectivity index (χ1) is 12.3. The molecule has 0 aliphatic heterocycles. The molecule has 0 fully saturated rings. The predicted octanol–water partition coefficient (Wildman–Crippen LogP) is 2.32. The van der Waals surface area contributed by atoms with Crippen molar-refractivity contribution in [3.63, 3.8) is 0 Å². The number of sulfonamides is 1. The number of nitrogens with zero attached hydrogens (tertiary/aromatic N) is 1. The lowest BCUT2D eigenvalue weighted by Crippen LogP contribution is -2.30. The smallest absolute Gasteiger partial charge is 0.243 e. The van der Waals surface area contributed by atoms with Crippen LogP contribution in [0.1, 0.15) is 28.6 Å². The van der Waals surface area contributed by atoms with E-state index in [-0.39, 0.29) is 17.2 Å². The van der Waals surface area contributed by atoms with Crippen molar-refractivity contribution in [1.82, 2.24) is 4.31 Å². The molecule has 0 spiro atoms. The second-order valence-electron chi connectivity index (χ2n) is 5.92. The Bertz CT molecular complexity index is 1050. The quantitative estimate of drug-likeness (QED) is 0.662.